The van der Waals surface area contributed by atoms with Gasteiger partial charge in [-0.2, -0.15) is 5.26 Å². The molecule has 4 nitrogen and oxygen atoms in total. The van der Waals surface area contributed by atoms with E-state index in [0.29, 0.717) is 17.4 Å². The van der Waals surface area contributed by atoms with Crippen LogP contribution in [0, 0.1) is 28.6 Å². The van der Waals surface area contributed by atoms with Crippen LogP contribution in [0.5, 0.6) is 0 Å². The maximum absolute atomic E-state index is 9.48. The Kier molecular flexibility index (Phi) is 4.73. The number of aryl methyl sites for hydroxylation is 1. The second-order valence-corrected chi connectivity index (χ2v) is 7.55. The molecule has 3 atom stereocenters. The highest BCUT2D eigenvalue weighted by atomic mass is 15.2. The number of imidazole rings is 1. The van der Waals surface area contributed by atoms with Crippen LogP contribution in [0.3, 0.4) is 0 Å². The molecule has 1 aliphatic rings. The van der Waals surface area contributed by atoms with Gasteiger partial charge in [-0.05, 0) is 37.6 Å². The fraction of sp³-hybridized carbons (Fsp3) is 0.765. The average Bonchev–Trinajstić information content (AvgIpc) is 2.82. The number of hydrogen-bond acceptors (Lipinski definition) is 3. The minimum absolute atomic E-state index is 0.147. The number of aromatic nitrogens is 2. The van der Waals surface area contributed by atoms with Gasteiger partial charge >= 0.3 is 0 Å². The standard InChI is InChI=1S/C17H28N4/c1-17(2,3)14-7-6-13(11-18)15(10-14)21(5)12-16-19-8-9-20(16)4/h8-9,13-15H,6-7,10,12H2,1-5H3. The van der Waals surface area contributed by atoms with Crippen molar-refractivity contribution < 1.29 is 0 Å². The lowest BCUT2D eigenvalue weighted by Gasteiger charge is -2.43. The highest BCUT2D eigenvalue weighted by molar-refractivity contribution is 5.00. The number of nitriles is 1. The molecule has 0 amide bonds. The number of hydrogen-bond donors (Lipinski definition) is 0. The Morgan fingerprint density at radius 2 is 2.14 bits per heavy atom. The zero-order valence-electron chi connectivity index (χ0n) is 14.0. The highest BCUT2D eigenvalue weighted by Crippen LogP contribution is 2.41. The maximum atomic E-state index is 9.48. The van der Waals surface area contributed by atoms with E-state index >= 15 is 0 Å². The Balaban J connectivity index is 2.10. The predicted molar refractivity (Wildman–Crippen MR) is 84.4 cm³/mol. The summed E-state index contributed by atoms with van der Waals surface area (Å²) in [5, 5.41) is 9.48. The van der Waals surface area contributed by atoms with Crippen molar-refractivity contribution in [3.05, 3.63) is 18.2 Å². The summed E-state index contributed by atoms with van der Waals surface area (Å²) >= 11 is 0. The van der Waals surface area contributed by atoms with Crippen LogP contribution in [0.4, 0.5) is 0 Å². The van der Waals surface area contributed by atoms with E-state index in [-0.39, 0.29) is 5.92 Å². The molecule has 1 aromatic heterocycles. The van der Waals surface area contributed by atoms with Crippen LogP contribution in [0.1, 0.15) is 45.9 Å². The van der Waals surface area contributed by atoms with E-state index in [4.69, 9.17) is 0 Å². The molecule has 21 heavy (non-hydrogen) atoms. The van der Waals surface area contributed by atoms with E-state index < -0.39 is 0 Å². The Bertz CT molecular complexity index is 506. The average molecular weight is 288 g/mol. The molecule has 0 bridgehead atoms. The summed E-state index contributed by atoms with van der Waals surface area (Å²) in [7, 11) is 4.16. The Hall–Kier alpha value is -1.34. The van der Waals surface area contributed by atoms with Gasteiger partial charge in [-0.25, -0.2) is 4.98 Å². The molecule has 0 saturated heterocycles. The molecule has 0 aliphatic heterocycles. The molecule has 4 heteroatoms. The van der Waals surface area contributed by atoms with E-state index in [0.717, 1.165) is 25.2 Å². The SMILES string of the molecule is CN(Cc1nccn1C)C1CC(C(C)(C)C)CCC1C#N. The summed E-state index contributed by atoms with van der Waals surface area (Å²) in [6, 6.07) is 2.87. The van der Waals surface area contributed by atoms with E-state index in [2.05, 4.69) is 48.3 Å². The van der Waals surface area contributed by atoms with E-state index in [1.807, 2.05) is 19.4 Å². The van der Waals surface area contributed by atoms with Crippen molar-refractivity contribution in [1.82, 2.24) is 14.5 Å². The smallest absolute Gasteiger partial charge is 0.122 e. The van der Waals surface area contributed by atoms with Gasteiger partial charge in [-0.1, -0.05) is 20.8 Å². The number of nitrogens with zero attached hydrogens (tertiary/aromatic N) is 4. The van der Waals surface area contributed by atoms with Crippen LogP contribution in [-0.4, -0.2) is 27.5 Å². The largest absolute Gasteiger partial charge is 0.337 e. The van der Waals surface area contributed by atoms with Crippen LogP contribution in [0.2, 0.25) is 0 Å². The lowest BCUT2D eigenvalue weighted by atomic mass is 9.68. The topological polar surface area (TPSA) is 44.9 Å². The van der Waals surface area contributed by atoms with Gasteiger partial charge in [0.05, 0.1) is 18.5 Å². The van der Waals surface area contributed by atoms with Crippen LogP contribution in [0.25, 0.3) is 0 Å². The van der Waals surface area contributed by atoms with Gasteiger partial charge in [0.15, 0.2) is 0 Å². The van der Waals surface area contributed by atoms with Crippen molar-refractivity contribution in [2.45, 2.75) is 52.6 Å². The molecule has 1 aromatic rings. The summed E-state index contributed by atoms with van der Waals surface area (Å²) in [5.41, 5.74) is 0.322. The number of rotatable bonds is 3. The Morgan fingerprint density at radius 3 is 2.67 bits per heavy atom. The lowest BCUT2D eigenvalue weighted by molar-refractivity contribution is 0.0696. The van der Waals surface area contributed by atoms with Gasteiger partial charge < -0.3 is 4.57 Å². The van der Waals surface area contributed by atoms with E-state index in [1.54, 1.807) is 0 Å². The summed E-state index contributed by atoms with van der Waals surface area (Å²) in [6.45, 7) is 7.77. The van der Waals surface area contributed by atoms with Crippen LogP contribution in [0.15, 0.2) is 12.4 Å². The molecule has 0 spiro atoms. The van der Waals surface area contributed by atoms with Crippen molar-refractivity contribution in [3.8, 4) is 6.07 Å². The summed E-state index contributed by atoms with van der Waals surface area (Å²) in [4.78, 5) is 6.74. The first kappa shape index (κ1) is 16.0. The minimum Gasteiger partial charge on any atom is -0.337 e. The van der Waals surface area contributed by atoms with Crippen LogP contribution < -0.4 is 0 Å². The Labute approximate surface area is 128 Å². The molecule has 1 aliphatic carbocycles. The maximum Gasteiger partial charge on any atom is 0.122 e. The first-order valence-corrected chi connectivity index (χ1v) is 7.89. The first-order chi connectivity index (χ1) is 9.82. The zero-order valence-corrected chi connectivity index (χ0v) is 14.0. The van der Waals surface area contributed by atoms with Gasteiger partial charge in [-0.3, -0.25) is 4.90 Å². The van der Waals surface area contributed by atoms with E-state index in [9.17, 15) is 5.26 Å². The summed E-state index contributed by atoms with van der Waals surface area (Å²) in [6.07, 6.45) is 7.12. The predicted octanol–water partition coefficient (Wildman–Crippen LogP) is 3.21. The van der Waals surface area contributed by atoms with Gasteiger partial charge in [0.1, 0.15) is 5.82 Å². The molecule has 1 heterocycles. The summed E-state index contributed by atoms with van der Waals surface area (Å²) in [5.74, 6) is 1.90. The van der Waals surface area contributed by atoms with Gasteiger partial charge in [0.2, 0.25) is 0 Å². The van der Waals surface area contributed by atoms with Crippen molar-refractivity contribution >= 4 is 0 Å². The molecule has 116 valence electrons. The van der Waals surface area contributed by atoms with Gasteiger partial charge in [-0.15, -0.1) is 0 Å². The first-order valence-electron chi connectivity index (χ1n) is 7.89. The van der Waals surface area contributed by atoms with Crippen molar-refractivity contribution in [1.29, 1.82) is 5.26 Å². The molecule has 0 radical (unpaired) electrons. The molecule has 0 N–H and O–H groups in total. The van der Waals surface area contributed by atoms with Crippen molar-refractivity contribution in [2.24, 2.45) is 24.3 Å². The van der Waals surface area contributed by atoms with Crippen molar-refractivity contribution in [3.63, 3.8) is 0 Å². The van der Waals surface area contributed by atoms with Gasteiger partial charge in [0, 0.05) is 25.5 Å². The molecule has 1 saturated carbocycles. The van der Waals surface area contributed by atoms with Gasteiger partial charge in [0.25, 0.3) is 0 Å². The molecule has 1 fully saturated rings. The normalized spacial score (nSPS) is 26.8. The highest BCUT2D eigenvalue weighted by Gasteiger charge is 2.37. The van der Waals surface area contributed by atoms with Crippen LogP contribution >= 0.6 is 0 Å². The molecular weight excluding hydrogens is 260 g/mol. The van der Waals surface area contributed by atoms with Crippen LogP contribution in [-0.2, 0) is 13.6 Å². The third-order valence-electron chi connectivity index (χ3n) is 5.09. The summed E-state index contributed by atoms with van der Waals surface area (Å²) < 4.78 is 2.06. The second kappa shape index (κ2) is 6.19. The fourth-order valence-electron chi connectivity index (χ4n) is 3.46. The minimum atomic E-state index is 0.147. The quantitative estimate of drug-likeness (QED) is 0.858. The molecule has 2 rings (SSSR count). The third-order valence-corrected chi connectivity index (χ3v) is 5.09. The molecule has 0 aromatic carbocycles. The molecular formula is C17H28N4. The Morgan fingerprint density at radius 1 is 1.43 bits per heavy atom. The second-order valence-electron chi connectivity index (χ2n) is 7.55. The monoisotopic (exact) mass is 288 g/mol. The van der Waals surface area contributed by atoms with E-state index in [1.165, 1.54) is 6.42 Å². The van der Waals surface area contributed by atoms with Crippen molar-refractivity contribution in [2.75, 3.05) is 7.05 Å². The third kappa shape index (κ3) is 3.65. The molecule has 3 unspecified atom stereocenters. The zero-order chi connectivity index (χ0) is 15.6. The fourth-order valence-corrected chi connectivity index (χ4v) is 3.46. The lowest BCUT2D eigenvalue weighted by Crippen LogP contribution is -2.44.